The van der Waals surface area contributed by atoms with Crippen molar-refractivity contribution < 1.29 is 14.3 Å². The zero-order valence-electron chi connectivity index (χ0n) is 12.9. The van der Waals surface area contributed by atoms with Gasteiger partial charge < -0.3 is 14.4 Å². The number of aromatic nitrogens is 3. The Bertz CT molecular complexity index is 968. The van der Waals surface area contributed by atoms with Gasteiger partial charge in [-0.3, -0.25) is 14.5 Å². The number of rotatable bonds is 3. The van der Waals surface area contributed by atoms with Crippen LogP contribution in [0.4, 0.5) is 0 Å². The lowest BCUT2D eigenvalue weighted by atomic mass is 10.0. The number of aliphatic hydroxyl groups is 1. The van der Waals surface area contributed by atoms with E-state index in [4.69, 9.17) is 4.42 Å². The molecule has 0 aliphatic carbocycles. The predicted octanol–water partition coefficient (Wildman–Crippen LogP) is 0.395. The highest BCUT2D eigenvalue weighted by Crippen LogP contribution is 2.21. The van der Waals surface area contributed by atoms with Gasteiger partial charge in [-0.05, 0) is 18.6 Å². The molecule has 0 fully saturated rings. The third kappa shape index (κ3) is 2.31. The van der Waals surface area contributed by atoms with Crippen LogP contribution in [-0.2, 0) is 30.9 Å². The van der Waals surface area contributed by atoms with Crippen LogP contribution in [0.25, 0.3) is 11.1 Å². The van der Waals surface area contributed by atoms with E-state index in [2.05, 4.69) is 10.2 Å². The van der Waals surface area contributed by atoms with Crippen molar-refractivity contribution in [2.24, 2.45) is 0 Å². The van der Waals surface area contributed by atoms with E-state index in [1.807, 2.05) is 0 Å². The normalized spacial score (nSPS) is 14.1. The van der Waals surface area contributed by atoms with Gasteiger partial charge in [-0.25, -0.2) is 4.79 Å². The van der Waals surface area contributed by atoms with E-state index in [0.717, 1.165) is 11.3 Å². The third-order valence-electron chi connectivity index (χ3n) is 4.39. The smallest absolute Gasteiger partial charge is 0.408 e. The second-order valence-corrected chi connectivity index (χ2v) is 5.77. The molecule has 1 aromatic carbocycles. The lowest BCUT2D eigenvalue weighted by Crippen LogP contribution is -2.39. The molecule has 8 heteroatoms. The van der Waals surface area contributed by atoms with Crippen LogP contribution in [-0.4, -0.2) is 37.2 Å². The van der Waals surface area contributed by atoms with Crippen LogP contribution in [0.3, 0.4) is 0 Å². The van der Waals surface area contributed by atoms with Crippen LogP contribution in [0.1, 0.15) is 17.0 Å². The lowest BCUT2D eigenvalue weighted by Gasteiger charge is -2.27. The summed E-state index contributed by atoms with van der Waals surface area (Å²) in [5.41, 5.74) is 3.53. The summed E-state index contributed by atoms with van der Waals surface area (Å²) >= 11 is 0. The molecule has 3 aromatic rings. The van der Waals surface area contributed by atoms with Gasteiger partial charge in [0.1, 0.15) is 6.54 Å². The molecule has 1 aliphatic rings. The molecule has 1 amide bonds. The zero-order valence-corrected chi connectivity index (χ0v) is 12.9. The Morgan fingerprint density at radius 3 is 3.04 bits per heavy atom. The molecular weight excluding hydrogens is 312 g/mol. The first kappa shape index (κ1) is 14.7. The third-order valence-corrected chi connectivity index (χ3v) is 4.39. The fourth-order valence-corrected chi connectivity index (χ4v) is 3.13. The zero-order chi connectivity index (χ0) is 16.7. The number of benzene rings is 1. The van der Waals surface area contributed by atoms with Crippen LogP contribution in [0, 0.1) is 0 Å². The van der Waals surface area contributed by atoms with Gasteiger partial charge in [-0.15, -0.1) is 0 Å². The highest BCUT2D eigenvalue weighted by molar-refractivity contribution is 5.79. The molecule has 2 aromatic heterocycles. The minimum Gasteiger partial charge on any atom is -0.408 e. The number of H-pyrrole nitrogens is 1. The minimum atomic E-state index is -0.536. The number of hydrogen-bond acceptors (Lipinski definition) is 5. The summed E-state index contributed by atoms with van der Waals surface area (Å²) in [5, 5.41) is 16.2. The van der Waals surface area contributed by atoms with Crippen molar-refractivity contribution in [1.82, 2.24) is 19.7 Å². The van der Waals surface area contributed by atoms with E-state index in [1.165, 1.54) is 4.57 Å². The van der Waals surface area contributed by atoms with Crippen molar-refractivity contribution in [3.63, 3.8) is 0 Å². The van der Waals surface area contributed by atoms with Gasteiger partial charge in [0, 0.05) is 12.1 Å². The number of aliphatic hydroxyl groups excluding tert-OH is 1. The second-order valence-electron chi connectivity index (χ2n) is 5.77. The van der Waals surface area contributed by atoms with Gasteiger partial charge >= 0.3 is 5.76 Å². The number of nitrogens with one attached hydrogen (secondary N) is 1. The van der Waals surface area contributed by atoms with Crippen LogP contribution >= 0.6 is 0 Å². The topological polar surface area (TPSA) is 104 Å². The summed E-state index contributed by atoms with van der Waals surface area (Å²) in [7, 11) is 0. The lowest BCUT2D eigenvalue weighted by molar-refractivity contribution is -0.132. The Balaban J connectivity index is 1.56. The van der Waals surface area contributed by atoms with Gasteiger partial charge in [0.15, 0.2) is 5.58 Å². The van der Waals surface area contributed by atoms with Crippen molar-refractivity contribution in [2.45, 2.75) is 26.1 Å². The van der Waals surface area contributed by atoms with E-state index in [1.54, 1.807) is 29.2 Å². The molecule has 0 saturated heterocycles. The number of carbonyl (C=O) groups excluding carboxylic acids is 1. The average molecular weight is 328 g/mol. The first-order valence-corrected chi connectivity index (χ1v) is 7.69. The van der Waals surface area contributed by atoms with Crippen LogP contribution in [0.5, 0.6) is 0 Å². The van der Waals surface area contributed by atoms with Gasteiger partial charge in [0.05, 0.1) is 30.1 Å². The summed E-state index contributed by atoms with van der Waals surface area (Å²) in [4.78, 5) is 26.2. The Kier molecular flexibility index (Phi) is 3.46. The Morgan fingerprint density at radius 1 is 1.38 bits per heavy atom. The Hall–Kier alpha value is -2.87. The summed E-state index contributed by atoms with van der Waals surface area (Å²) in [6.45, 7) is 0.747. The van der Waals surface area contributed by atoms with E-state index in [0.29, 0.717) is 36.3 Å². The molecule has 0 spiro atoms. The van der Waals surface area contributed by atoms with E-state index < -0.39 is 5.76 Å². The number of carbonyl (C=O) groups is 1. The largest absolute Gasteiger partial charge is 0.420 e. The summed E-state index contributed by atoms with van der Waals surface area (Å²) in [6, 6.07) is 7.03. The molecule has 2 N–H and O–H groups in total. The van der Waals surface area contributed by atoms with Gasteiger partial charge in [-0.1, -0.05) is 12.1 Å². The standard InChI is InChI=1S/C16H16N4O4/c21-9-12-10-5-6-19(7-11(10)17-18-12)15(22)8-20-13-3-1-2-4-14(13)24-16(20)23/h1-4,21H,5-9H2,(H,17,18). The van der Waals surface area contributed by atoms with Crippen LogP contribution in [0.2, 0.25) is 0 Å². The number of nitrogens with zero attached hydrogens (tertiary/aromatic N) is 3. The van der Waals surface area contributed by atoms with Crippen LogP contribution < -0.4 is 5.76 Å². The number of oxazole rings is 1. The van der Waals surface area contributed by atoms with Gasteiger partial charge in [0.2, 0.25) is 5.91 Å². The van der Waals surface area contributed by atoms with Gasteiger partial charge in [-0.2, -0.15) is 5.10 Å². The molecule has 3 heterocycles. The molecule has 24 heavy (non-hydrogen) atoms. The Labute approximate surface area is 136 Å². The molecule has 8 nitrogen and oxygen atoms in total. The highest BCUT2D eigenvalue weighted by Gasteiger charge is 2.25. The highest BCUT2D eigenvalue weighted by atomic mass is 16.4. The second kappa shape index (κ2) is 5.64. The number of para-hydroxylation sites is 2. The van der Waals surface area contributed by atoms with Crippen molar-refractivity contribution in [1.29, 1.82) is 0 Å². The molecule has 0 saturated carbocycles. The fourth-order valence-electron chi connectivity index (χ4n) is 3.13. The minimum absolute atomic E-state index is 0.0633. The monoisotopic (exact) mass is 328 g/mol. The SMILES string of the molecule is O=C(Cn1c(=O)oc2ccccc21)N1CCc2c(CO)n[nH]c2C1. The molecule has 0 radical (unpaired) electrons. The summed E-state index contributed by atoms with van der Waals surface area (Å²) in [5.74, 6) is -0.694. The summed E-state index contributed by atoms with van der Waals surface area (Å²) in [6.07, 6.45) is 0.633. The van der Waals surface area contributed by atoms with Crippen molar-refractivity contribution >= 4 is 17.0 Å². The van der Waals surface area contributed by atoms with Crippen molar-refractivity contribution in [3.05, 3.63) is 51.8 Å². The summed E-state index contributed by atoms with van der Waals surface area (Å²) < 4.78 is 6.50. The maximum absolute atomic E-state index is 12.6. The molecule has 124 valence electrons. The number of amides is 1. The number of aromatic amines is 1. The first-order valence-electron chi connectivity index (χ1n) is 7.69. The van der Waals surface area contributed by atoms with Crippen LogP contribution in [0.15, 0.2) is 33.5 Å². The number of hydrogen-bond donors (Lipinski definition) is 2. The molecule has 1 aliphatic heterocycles. The quantitative estimate of drug-likeness (QED) is 0.724. The maximum Gasteiger partial charge on any atom is 0.420 e. The maximum atomic E-state index is 12.6. The predicted molar refractivity (Wildman–Crippen MR) is 84.1 cm³/mol. The van der Waals surface area contributed by atoms with E-state index in [9.17, 15) is 14.7 Å². The molecule has 0 bridgehead atoms. The molecule has 0 atom stereocenters. The average Bonchev–Trinajstić information content (AvgIpc) is 3.15. The molecule has 4 rings (SSSR count). The van der Waals surface area contributed by atoms with Crippen molar-refractivity contribution in [2.75, 3.05) is 6.54 Å². The molecule has 0 unspecified atom stereocenters. The van der Waals surface area contributed by atoms with E-state index in [-0.39, 0.29) is 19.1 Å². The fraction of sp³-hybridized carbons (Fsp3) is 0.312. The Morgan fingerprint density at radius 2 is 2.21 bits per heavy atom. The first-order chi connectivity index (χ1) is 11.7. The number of fused-ring (bicyclic) bond motifs is 2. The van der Waals surface area contributed by atoms with E-state index >= 15 is 0 Å². The van der Waals surface area contributed by atoms with Gasteiger partial charge in [0.25, 0.3) is 0 Å². The van der Waals surface area contributed by atoms with Crippen molar-refractivity contribution in [3.8, 4) is 0 Å². The molecular formula is C16H16N4O4.